The maximum atomic E-state index is 12.3. The molecule has 1 aromatic rings. The van der Waals surface area contributed by atoms with E-state index in [1.54, 1.807) is 24.3 Å². The molecule has 3 nitrogen and oxygen atoms in total. The van der Waals surface area contributed by atoms with Gasteiger partial charge in [-0.2, -0.15) is 13.2 Å². The monoisotopic (exact) mass is 274 g/mol. The Morgan fingerprint density at radius 2 is 1.89 bits per heavy atom. The van der Waals surface area contributed by atoms with Crippen LogP contribution in [0.1, 0.15) is 12.5 Å². The first kappa shape index (κ1) is 15.5. The van der Waals surface area contributed by atoms with Crippen molar-refractivity contribution in [3.8, 4) is 0 Å². The van der Waals surface area contributed by atoms with Crippen LogP contribution in [0.15, 0.2) is 30.3 Å². The summed E-state index contributed by atoms with van der Waals surface area (Å²) in [5, 5.41) is 0. The highest BCUT2D eigenvalue weighted by molar-refractivity contribution is 5.82. The van der Waals surface area contributed by atoms with E-state index >= 15 is 0 Å². The van der Waals surface area contributed by atoms with Crippen LogP contribution in [0, 0.1) is 0 Å². The van der Waals surface area contributed by atoms with E-state index in [2.05, 4.69) is 0 Å². The molecule has 0 heterocycles. The molecule has 0 saturated heterocycles. The van der Waals surface area contributed by atoms with Gasteiger partial charge in [0.15, 0.2) is 0 Å². The summed E-state index contributed by atoms with van der Waals surface area (Å²) >= 11 is 0. The van der Waals surface area contributed by atoms with Crippen molar-refractivity contribution >= 4 is 5.91 Å². The zero-order chi connectivity index (χ0) is 14.5. The van der Waals surface area contributed by atoms with Gasteiger partial charge in [0.05, 0.1) is 6.04 Å². The SMILES string of the molecule is CCN(CC(F)(F)F)C(=O)C(N)Cc1ccccc1. The highest BCUT2D eigenvalue weighted by atomic mass is 19.4. The number of likely N-dealkylation sites (N-methyl/N-ethyl adjacent to an activating group) is 1. The largest absolute Gasteiger partial charge is 0.406 e. The van der Waals surface area contributed by atoms with Gasteiger partial charge in [0.2, 0.25) is 5.91 Å². The van der Waals surface area contributed by atoms with Crippen LogP contribution < -0.4 is 5.73 Å². The molecule has 0 aliphatic rings. The fraction of sp³-hybridized carbons (Fsp3) is 0.462. The van der Waals surface area contributed by atoms with Crippen LogP contribution in [0.25, 0.3) is 0 Å². The second-order valence-electron chi connectivity index (χ2n) is 4.26. The fourth-order valence-corrected chi connectivity index (χ4v) is 1.75. The van der Waals surface area contributed by atoms with Crippen molar-refractivity contribution in [3.05, 3.63) is 35.9 Å². The van der Waals surface area contributed by atoms with Gasteiger partial charge in [0.25, 0.3) is 0 Å². The molecule has 0 aromatic heterocycles. The zero-order valence-electron chi connectivity index (χ0n) is 10.7. The molecule has 1 amide bonds. The molecular weight excluding hydrogens is 257 g/mol. The number of carbonyl (C=O) groups excluding carboxylic acids is 1. The van der Waals surface area contributed by atoms with Crippen molar-refractivity contribution < 1.29 is 18.0 Å². The van der Waals surface area contributed by atoms with Gasteiger partial charge in [-0.05, 0) is 18.9 Å². The Morgan fingerprint density at radius 3 is 2.37 bits per heavy atom. The van der Waals surface area contributed by atoms with Crippen LogP contribution in [0.3, 0.4) is 0 Å². The Labute approximate surface area is 110 Å². The number of benzene rings is 1. The van der Waals surface area contributed by atoms with Crippen molar-refractivity contribution in [1.82, 2.24) is 4.90 Å². The Morgan fingerprint density at radius 1 is 1.32 bits per heavy atom. The van der Waals surface area contributed by atoms with Gasteiger partial charge in [-0.25, -0.2) is 0 Å². The Bertz CT molecular complexity index is 406. The van der Waals surface area contributed by atoms with Crippen LogP contribution in [-0.4, -0.2) is 36.1 Å². The first-order valence-corrected chi connectivity index (χ1v) is 5.98. The Kier molecular flexibility index (Phi) is 5.35. The number of alkyl halides is 3. The van der Waals surface area contributed by atoms with Crippen molar-refractivity contribution in [2.24, 2.45) is 5.73 Å². The van der Waals surface area contributed by atoms with Crippen LogP contribution in [0.5, 0.6) is 0 Å². The number of rotatable bonds is 5. The first-order valence-electron chi connectivity index (χ1n) is 5.98. The standard InChI is InChI=1S/C13H17F3N2O/c1-2-18(9-13(14,15)16)12(19)11(17)8-10-6-4-3-5-7-10/h3-7,11H,2,8-9,17H2,1H3. The fourth-order valence-electron chi connectivity index (χ4n) is 1.75. The summed E-state index contributed by atoms with van der Waals surface area (Å²) in [5.74, 6) is -0.677. The van der Waals surface area contributed by atoms with Crippen molar-refractivity contribution in [1.29, 1.82) is 0 Å². The quantitative estimate of drug-likeness (QED) is 0.892. The number of halogens is 3. The van der Waals surface area contributed by atoms with Crippen LogP contribution in [0.2, 0.25) is 0 Å². The lowest BCUT2D eigenvalue weighted by Gasteiger charge is -2.25. The topological polar surface area (TPSA) is 46.3 Å². The number of nitrogens with two attached hydrogens (primary N) is 1. The summed E-state index contributed by atoms with van der Waals surface area (Å²) in [7, 11) is 0. The molecule has 0 saturated carbocycles. The number of amides is 1. The van der Waals surface area contributed by atoms with Gasteiger partial charge in [-0.15, -0.1) is 0 Å². The van der Waals surface area contributed by atoms with E-state index in [4.69, 9.17) is 5.73 Å². The minimum Gasteiger partial charge on any atom is -0.333 e. The van der Waals surface area contributed by atoms with E-state index in [9.17, 15) is 18.0 Å². The number of hydrogen-bond donors (Lipinski definition) is 1. The van der Waals surface area contributed by atoms with Gasteiger partial charge in [-0.3, -0.25) is 4.79 Å². The van der Waals surface area contributed by atoms with E-state index in [0.29, 0.717) is 0 Å². The van der Waals surface area contributed by atoms with Crippen LogP contribution in [-0.2, 0) is 11.2 Å². The van der Waals surface area contributed by atoms with Gasteiger partial charge < -0.3 is 10.6 Å². The number of carbonyl (C=O) groups is 1. The Balaban J connectivity index is 2.64. The third-order valence-corrected chi connectivity index (χ3v) is 2.68. The van der Waals surface area contributed by atoms with Crippen molar-refractivity contribution in [2.45, 2.75) is 25.6 Å². The number of nitrogens with zero attached hydrogens (tertiary/aromatic N) is 1. The lowest BCUT2D eigenvalue weighted by molar-refractivity contribution is -0.161. The van der Waals surface area contributed by atoms with Gasteiger partial charge in [0.1, 0.15) is 6.54 Å². The molecule has 6 heteroatoms. The summed E-state index contributed by atoms with van der Waals surface area (Å²) < 4.78 is 36.9. The smallest absolute Gasteiger partial charge is 0.333 e. The summed E-state index contributed by atoms with van der Waals surface area (Å²) in [4.78, 5) is 12.6. The van der Waals surface area contributed by atoms with Gasteiger partial charge >= 0.3 is 6.18 Å². The lowest BCUT2D eigenvalue weighted by Crippen LogP contribution is -2.48. The van der Waals surface area contributed by atoms with E-state index in [1.807, 2.05) is 6.07 Å². The lowest BCUT2D eigenvalue weighted by atomic mass is 10.1. The highest BCUT2D eigenvalue weighted by Gasteiger charge is 2.33. The molecule has 0 aliphatic carbocycles. The second kappa shape index (κ2) is 6.56. The molecule has 1 unspecified atom stereocenters. The zero-order valence-corrected chi connectivity index (χ0v) is 10.7. The minimum absolute atomic E-state index is 0.0131. The third kappa shape index (κ3) is 5.30. The number of hydrogen-bond acceptors (Lipinski definition) is 2. The molecule has 2 N–H and O–H groups in total. The second-order valence-corrected chi connectivity index (χ2v) is 4.26. The Hall–Kier alpha value is -1.56. The molecule has 0 radical (unpaired) electrons. The predicted molar refractivity (Wildman–Crippen MR) is 66.4 cm³/mol. The summed E-state index contributed by atoms with van der Waals surface area (Å²) in [6.45, 7) is 0.227. The molecule has 1 aromatic carbocycles. The maximum Gasteiger partial charge on any atom is 0.406 e. The van der Waals surface area contributed by atoms with E-state index in [-0.39, 0.29) is 13.0 Å². The minimum atomic E-state index is -4.40. The molecule has 0 fully saturated rings. The van der Waals surface area contributed by atoms with Crippen LogP contribution in [0.4, 0.5) is 13.2 Å². The van der Waals surface area contributed by atoms with E-state index in [1.165, 1.54) is 6.92 Å². The molecule has 0 spiro atoms. The molecule has 19 heavy (non-hydrogen) atoms. The normalized spacial score (nSPS) is 13.1. The van der Waals surface area contributed by atoms with Crippen molar-refractivity contribution in [2.75, 3.05) is 13.1 Å². The van der Waals surface area contributed by atoms with Crippen LogP contribution >= 0.6 is 0 Å². The molecular formula is C13H17F3N2O. The molecule has 0 aliphatic heterocycles. The molecule has 106 valence electrons. The van der Waals surface area contributed by atoms with Crippen molar-refractivity contribution in [3.63, 3.8) is 0 Å². The summed E-state index contributed by atoms with van der Waals surface area (Å²) in [6, 6.07) is 8.02. The van der Waals surface area contributed by atoms with E-state index < -0.39 is 24.7 Å². The van der Waals surface area contributed by atoms with Gasteiger partial charge in [0, 0.05) is 6.54 Å². The highest BCUT2D eigenvalue weighted by Crippen LogP contribution is 2.17. The molecule has 0 bridgehead atoms. The third-order valence-electron chi connectivity index (χ3n) is 2.68. The average molecular weight is 274 g/mol. The molecule has 1 rings (SSSR count). The van der Waals surface area contributed by atoms with Gasteiger partial charge in [-0.1, -0.05) is 30.3 Å². The average Bonchev–Trinajstić information content (AvgIpc) is 2.35. The summed E-state index contributed by atoms with van der Waals surface area (Å²) in [5.41, 5.74) is 6.51. The first-order chi connectivity index (χ1) is 8.83. The maximum absolute atomic E-state index is 12.3. The van der Waals surface area contributed by atoms with E-state index in [0.717, 1.165) is 10.5 Å². The summed E-state index contributed by atoms with van der Waals surface area (Å²) in [6.07, 6.45) is -4.17. The molecule has 1 atom stereocenters. The predicted octanol–water partition coefficient (Wildman–Crippen LogP) is 1.97.